The van der Waals surface area contributed by atoms with Crippen molar-refractivity contribution in [2.45, 2.75) is 25.3 Å². The Labute approximate surface area is 81.7 Å². The minimum Gasteiger partial charge on any atom is -0.317 e. The van der Waals surface area contributed by atoms with E-state index >= 15 is 0 Å². The molecule has 1 aromatic rings. The normalized spacial score (nSPS) is 22.3. The van der Waals surface area contributed by atoms with Gasteiger partial charge in [-0.25, -0.2) is 0 Å². The number of thiophene rings is 1. The molecule has 2 rings (SSSR count). The fourth-order valence-corrected chi connectivity index (χ4v) is 3.07. The molecule has 1 nitrogen and oxygen atoms in total. The van der Waals surface area contributed by atoms with Crippen LogP contribution in [0, 0.1) is 0 Å². The Balaban J connectivity index is 2.22. The molecule has 3 heteroatoms. The van der Waals surface area contributed by atoms with Crippen LogP contribution < -0.4 is 5.32 Å². The van der Waals surface area contributed by atoms with Crippen LogP contribution in [-0.2, 0) is 12.8 Å². The van der Waals surface area contributed by atoms with Crippen LogP contribution in [0.5, 0.6) is 0 Å². The lowest BCUT2D eigenvalue weighted by atomic mass is 9.95. The molecule has 0 bridgehead atoms. The molecule has 0 saturated heterocycles. The second kappa shape index (κ2) is 3.36. The van der Waals surface area contributed by atoms with Crippen molar-refractivity contribution in [2.24, 2.45) is 0 Å². The molecule has 0 amide bonds. The van der Waals surface area contributed by atoms with Gasteiger partial charge in [0.15, 0.2) is 0 Å². The molecule has 0 aromatic carbocycles. The number of likely N-dealkylation sites (N-methyl/N-ethyl adjacent to an activating group) is 1. The zero-order valence-corrected chi connectivity index (χ0v) is 8.63. The van der Waals surface area contributed by atoms with Crippen molar-refractivity contribution >= 4 is 22.9 Å². The summed E-state index contributed by atoms with van der Waals surface area (Å²) in [4.78, 5) is 1.49. The molecule has 1 N–H and O–H groups in total. The van der Waals surface area contributed by atoms with Gasteiger partial charge in [-0.1, -0.05) is 11.6 Å². The second-order valence-corrected chi connectivity index (χ2v) is 5.00. The lowest BCUT2D eigenvalue weighted by Gasteiger charge is -2.20. The number of rotatable bonds is 1. The molecule has 1 aromatic heterocycles. The molecular weight excluding hydrogens is 190 g/mol. The Morgan fingerprint density at radius 1 is 1.67 bits per heavy atom. The zero-order chi connectivity index (χ0) is 8.55. The number of fused-ring (bicyclic) bond motifs is 1. The number of hydrogen-bond donors (Lipinski definition) is 1. The topological polar surface area (TPSA) is 12.0 Å². The first-order chi connectivity index (χ1) is 5.79. The number of halogens is 1. The fraction of sp³-hybridized carbons (Fsp3) is 0.556. The van der Waals surface area contributed by atoms with Gasteiger partial charge >= 0.3 is 0 Å². The number of nitrogens with one attached hydrogen (secondary N) is 1. The van der Waals surface area contributed by atoms with E-state index in [4.69, 9.17) is 11.6 Å². The largest absolute Gasteiger partial charge is 0.317 e. The molecule has 66 valence electrons. The predicted molar refractivity (Wildman–Crippen MR) is 54.2 cm³/mol. The minimum atomic E-state index is 0.656. The van der Waals surface area contributed by atoms with E-state index in [9.17, 15) is 0 Å². The molecule has 1 aliphatic carbocycles. The molecule has 0 radical (unpaired) electrons. The van der Waals surface area contributed by atoms with Crippen molar-refractivity contribution in [1.82, 2.24) is 5.32 Å². The van der Waals surface area contributed by atoms with E-state index in [1.165, 1.54) is 23.3 Å². The molecule has 1 unspecified atom stereocenters. The highest BCUT2D eigenvalue weighted by Gasteiger charge is 2.19. The predicted octanol–water partition coefficient (Wildman–Crippen LogP) is 2.48. The first kappa shape index (κ1) is 8.54. The lowest BCUT2D eigenvalue weighted by Crippen LogP contribution is -2.30. The first-order valence-corrected chi connectivity index (χ1v) is 5.43. The zero-order valence-electron chi connectivity index (χ0n) is 7.06. The molecule has 0 aliphatic heterocycles. The molecule has 1 aliphatic rings. The van der Waals surface area contributed by atoms with Crippen LogP contribution in [-0.4, -0.2) is 13.1 Å². The van der Waals surface area contributed by atoms with Crippen LogP contribution in [0.25, 0.3) is 0 Å². The van der Waals surface area contributed by atoms with Crippen LogP contribution in [0.1, 0.15) is 16.9 Å². The Hall–Kier alpha value is -0.0500. The summed E-state index contributed by atoms with van der Waals surface area (Å²) in [6.07, 6.45) is 3.59. The van der Waals surface area contributed by atoms with Crippen molar-refractivity contribution in [3.63, 3.8) is 0 Å². The maximum absolute atomic E-state index is 5.94. The average molecular weight is 202 g/mol. The molecule has 12 heavy (non-hydrogen) atoms. The van der Waals surface area contributed by atoms with Gasteiger partial charge in [-0.05, 0) is 37.9 Å². The Morgan fingerprint density at radius 2 is 2.50 bits per heavy atom. The lowest BCUT2D eigenvalue weighted by molar-refractivity contribution is 0.500. The second-order valence-electron chi connectivity index (χ2n) is 3.23. The fourth-order valence-electron chi connectivity index (χ4n) is 1.73. The van der Waals surface area contributed by atoms with E-state index in [1.54, 1.807) is 11.3 Å². The summed E-state index contributed by atoms with van der Waals surface area (Å²) in [6, 6.07) is 2.77. The summed E-state index contributed by atoms with van der Waals surface area (Å²) in [5.41, 5.74) is 1.45. The van der Waals surface area contributed by atoms with E-state index in [1.807, 2.05) is 7.05 Å². The van der Waals surface area contributed by atoms with Crippen LogP contribution in [0.15, 0.2) is 6.07 Å². The summed E-state index contributed by atoms with van der Waals surface area (Å²) in [5, 5.41) is 3.32. The van der Waals surface area contributed by atoms with Crippen LogP contribution in [0.2, 0.25) is 4.34 Å². The standard InChI is InChI=1S/C9H12ClNS/c1-11-7-2-3-8-6(4-7)5-9(10)12-8/h5,7,11H,2-4H2,1H3. The quantitative estimate of drug-likeness (QED) is 0.736. The molecular formula is C9H12ClNS. The Bertz CT molecular complexity index is 282. The summed E-state index contributed by atoms with van der Waals surface area (Å²) < 4.78 is 0.941. The SMILES string of the molecule is CNC1CCc2sc(Cl)cc2C1. The van der Waals surface area contributed by atoms with E-state index in [0.29, 0.717) is 6.04 Å². The van der Waals surface area contributed by atoms with Crippen LogP contribution in [0.3, 0.4) is 0 Å². The minimum absolute atomic E-state index is 0.656. The Kier molecular flexibility index (Phi) is 2.40. The average Bonchev–Trinajstić information content (AvgIpc) is 2.43. The van der Waals surface area contributed by atoms with Gasteiger partial charge in [0.05, 0.1) is 4.34 Å². The van der Waals surface area contributed by atoms with Gasteiger partial charge < -0.3 is 5.32 Å². The summed E-state index contributed by atoms with van der Waals surface area (Å²) in [6.45, 7) is 0. The van der Waals surface area contributed by atoms with E-state index in [2.05, 4.69) is 11.4 Å². The third-order valence-corrected chi connectivity index (χ3v) is 3.83. The van der Waals surface area contributed by atoms with Gasteiger partial charge in [0.25, 0.3) is 0 Å². The maximum atomic E-state index is 5.94. The number of hydrogen-bond acceptors (Lipinski definition) is 2. The van der Waals surface area contributed by atoms with Crippen LogP contribution >= 0.6 is 22.9 Å². The van der Waals surface area contributed by atoms with Gasteiger partial charge in [-0.3, -0.25) is 0 Å². The van der Waals surface area contributed by atoms with Crippen molar-refractivity contribution in [3.8, 4) is 0 Å². The number of aryl methyl sites for hydroxylation is 1. The highest BCUT2D eigenvalue weighted by Crippen LogP contribution is 2.32. The first-order valence-electron chi connectivity index (χ1n) is 4.24. The monoisotopic (exact) mass is 201 g/mol. The van der Waals surface area contributed by atoms with Crippen molar-refractivity contribution in [2.75, 3.05) is 7.05 Å². The molecule has 1 heterocycles. The smallest absolute Gasteiger partial charge is 0.0934 e. The third kappa shape index (κ3) is 1.51. The summed E-state index contributed by atoms with van der Waals surface area (Å²) in [7, 11) is 2.03. The highest BCUT2D eigenvalue weighted by molar-refractivity contribution is 7.16. The van der Waals surface area contributed by atoms with Crippen molar-refractivity contribution in [1.29, 1.82) is 0 Å². The van der Waals surface area contributed by atoms with Gasteiger partial charge in [-0.2, -0.15) is 0 Å². The van der Waals surface area contributed by atoms with Crippen molar-refractivity contribution < 1.29 is 0 Å². The van der Waals surface area contributed by atoms with Crippen molar-refractivity contribution in [3.05, 3.63) is 20.8 Å². The Morgan fingerprint density at radius 3 is 3.25 bits per heavy atom. The summed E-state index contributed by atoms with van der Waals surface area (Å²) >= 11 is 7.68. The molecule has 0 saturated carbocycles. The van der Waals surface area contributed by atoms with Gasteiger partial charge in [-0.15, -0.1) is 11.3 Å². The highest BCUT2D eigenvalue weighted by atomic mass is 35.5. The van der Waals surface area contributed by atoms with E-state index < -0.39 is 0 Å². The van der Waals surface area contributed by atoms with Gasteiger partial charge in [0.2, 0.25) is 0 Å². The van der Waals surface area contributed by atoms with Crippen LogP contribution in [0.4, 0.5) is 0 Å². The maximum Gasteiger partial charge on any atom is 0.0934 e. The molecule has 1 atom stereocenters. The van der Waals surface area contributed by atoms with E-state index in [-0.39, 0.29) is 0 Å². The molecule has 0 spiro atoms. The van der Waals surface area contributed by atoms with E-state index in [0.717, 1.165) is 10.8 Å². The summed E-state index contributed by atoms with van der Waals surface area (Å²) in [5.74, 6) is 0. The molecule has 0 fully saturated rings. The van der Waals surface area contributed by atoms with Gasteiger partial charge in [0, 0.05) is 10.9 Å². The van der Waals surface area contributed by atoms with Gasteiger partial charge in [0.1, 0.15) is 0 Å². The third-order valence-electron chi connectivity index (χ3n) is 2.46.